The molecule has 8 atom stereocenters. The molecule has 0 radical (unpaired) electrons. The predicted octanol–water partition coefficient (Wildman–Crippen LogP) is 0.471. The van der Waals surface area contributed by atoms with E-state index in [9.17, 15) is 15.0 Å². The fourth-order valence-corrected chi connectivity index (χ4v) is 6.86. The van der Waals surface area contributed by atoms with Crippen LogP contribution in [0.2, 0.25) is 5.28 Å². The van der Waals surface area contributed by atoms with Crippen molar-refractivity contribution < 1.29 is 20.1 Å². The van der Waals surface area contributed by atoms with Crippen LogP contribution < -0.4 is 10.6 Å². The van der Waals surface area contributed by atoms with Crippen molar-refractivity contribution in [2.45, 2.75) is 56.4 Å². The van der Waals surface area contributed by atoms with Crippen molar-refractivity contribution in [2.24, 2.45) is 23.2 Å². The van der Waals surface area contributed by atoms with E-state index < -0.39 is 23.7 Å². The first-order valence-electron chi connectivity index (χ1n) is 11.4. The highest BCUT2D eigenvalue weighted by Gasteiger charge is 2.75. The van der Waals surface area contributed by atoms with Crippen LogP contribution in [0.4, 0.5) is 5.82 Å². The molecular weight excluding hydrogens is 436 g/mol. The van der Waals surface area contributed by atoms with E-state index in [-0.39, 0.29) is 30.3 Å². The first-order chi connectivity index (χ1) is 15.4. The number of imidazole rings is 1. The van der Waals surface area contributed by atoms with Gasteiger partial charge in [0.2, 0.25) is 11.2 Å². The van der Waals surface area contributed by atoms with Crippen molar-refractivity contribution in [3.05, 3.63) is 11.6 Å². The van der Waals surface area contributed by atoms with Gasteiger partial charge in [0.05, 0.1) is 30.5 Å². The van der Waals surface area contributed by atoms with Gasteiger partial charge in [-0.2, -0.15) is 9.97 Å². The molecule has 2 heterocycles. The lowest BCUT2D eigenvalue weighted by Crippen LogP contribution is -2.43. The lowest BCUT2D eigenvalue weighted by molar-refractivity contribution is -0.132. The summed E-state index contributed by atoms with van der Waals surface area (Å²) >= 11 is 6.27. The first kappa shape index (κ1) is 20.6. The summed E-state index contributed by atoms with van der Waals surface area (Å²) in [6.07, 6.45) is 4.57. The number of hydrogen-bond acceptors (Lipinski definition) is 8. The Morgan fingerprint density at radius 1 is 1.28 bits per heavy atom. The molecule has 4 aliphatic rings. The third-order valence-electron chi connectivity index (χ3n) is 8.27. The molecule has 0 aliphatic heterocycles. The van der Waals surface area contributed by atoms with Crippen LogP contribution in [0.1, 0.15) is 38.1 Å². The summed E-state index contributed by atoms with van der Waals surface area (Å²) in [5.74, 6) is 1.40. The largest absolute Gasteiger partial charge is 0.395 e. The summed E-state index contributed by atoms with van der Waals surface area (Å²) < 4.78 is 1.72. The van der Waals surface area contributed by atoms with Gasteiger partial charge in [0.15, 0.2) is 17.0 Å². The van der Waals surface area contributed by atoms with Gasteiger partial charge in [0.1, 0.15) is 6.10 Å². The number of aliphatic hydroxyl groups excluding tert-OH is 3. The number of carbonyl (C=O) groups excluding carboxylic acids is 1. The van der Waals surface area contributed by atoms with E-state index in [1.807, 2.05) is 0 Å². The van der Waals surface area contributed by atoms with Crippen molar-refractivity contribution in [3.8, 4) is 0 Å². The molecule has 10 nitrogen and oxygen atoms in total. The second kappa shape index (κ2) is 7.24. The number of amides is 1. The van der Waals surface area contributed by atoms with Gasteiger partial charge in [-0.3, -0.25) is 4.79 Å². The van der Waals surface area contributed by atoms with Crippen LogP contribution in [0.3, 0.4) is 0 Å². The maximum absolute atomic E-state index is 12.7. The minimum atomic E-state index is -1.21. The maximum Gasteiger partial charge on any atom is 0.229 e. The lowest BCUT2D eigenvalue weighted by atomic mass is 9.95. The van der Waals surface area contributed by atoms with Crippen molar-refractivity contribution in [1.29, 1.82) is 0 Å². The minimum Gasteiger partial charge on any atom is -0.395 e. The molecule has 11 heteroatoms. The maximum atomic E-state index is 12.7. The zero-order chi connectivity index (χ0) is 22.2. The number of nitrogens with one attached hydrogen (secondary N) is 2. The highest BCUT2D eigenvalue weighted by molar-refractivity contribution is 6.28. The van der Waals surface area contributed by atoms with E-state index in [1.165, 1.54) is 19.3 Å². The minimum absolute atomic E-state index is 0.0840. The molecule has 4 fully saturated rings. The number of nitrogens with zero attached hydrogens (tertiary/aromatic N) is 4. The van der Waals surface area contributed by atoms with E-state index in [2.05, 4.69) is 25.6 Å². The Morgan fingerprint density at radius 2 is 2.12 bits per heavy atom. The molecule has 2 aromatic rings. The average Bonchev–Trinajstić information content (AvgIpc) is 3.11. The number of hydrogen-bond donors (Lipinski definition) is 5. The van der Waals surface area contributed by atoms with Crippen molar-refractivity contribution in [2.75, 3.05) is 18.5 Å². The Hall–Kier alpha value is -2.01. The predicted molar refractivity (Wildman–Crippen MR) is 115 cm³/mol. The van der Waals surface area contributed by atoms with Gasteiger partial charge < -0.3 is 30.5 Å². The smallest absolute Gasteiger partial charge is 0.229 e. The summed E-state index contributed by atoms with van der Waals surface area (Å²) in [7, 11) is 0. The average molecular weight is 463 g/mol. The summed E-state index contributed by atoms with van der Waals surface area (Å²) in [5.41, 5.74) is -0.0104. The molecule has 0 aromatic carbocycles. The number of aromatic nitrogens is 4. The molecule has 0 unspecified atom stereocenters. The van der Waals surface area contributed by atoms with Gasteiger partial charge in [-0.25, -0.2) is 4.98 Å². The van der Waals surface area contributed by atoms with Crippen LogP contribution >= 0.6 is 11.6 Å². The normalized spacial score (nSPS) is 39.4. The zero-order valence-electron chi connectivity index (χ0n) is 17.5. The summed E-state index contributed by atoms with van der Waals surface area (Å²) in [5, 5.41) is 36.9. The fourth-order valence-electron chi connectivity index (χ4n) is 6.69. The molecule has 2 aromatic heterocycles. The number of rotatable bonds is 6. The topological polar surface area (TPSA) is 145 Å². The molecule has 6 rings (SSSR count). The van der Waals surface area contributed by atoms with E-state index >= 15 is 0 Å². The Bertz CT molecular complexity index is 1080. The third-order valence-corrected chi connectivity index (χ3v) is 8.44. The summed E-state index contributed by atoms with van der Waals surface area (Å²) in [4.78, 5) is 26.0. The molecule has 0 saturated heterocycles. The standard InChI is InChI=1S/C21H27ClN6O4/c22-20-26-17(25-12-6-9-1-2-10(12)5-9)13-18(27-20)28(8-24-13)14-11-7-21(11,16(31)15(14)30)19(32)23-3-4-29/h8-12,14-16,29-31H,1-7H2,(H,23,32)(H,25,26,27)/t9-,10+,11+,12-,14+,15-,16-,21-/m0/s1. The van der Waals surface area contributed by atoms with Crippen LogP contribution in [0, 0.1) is 23.2 Å². The highest BCUT2D eigenvalue weighted by atomic mass is 35.5. The van der Waals surface area contributed by atoms with E-state index in [0.717, 1.165) is 12.3 Å². The molecule has 4 saturated carbocycles. The SMILES string of the molecule is O=C(NCCO)[C@@]12C[C@@H]1[C@@H](n1cnc3c(N[C@H]4C[C@H]5CC[C@@H]4C5)nc(Cl)nc31)[C@H](O)[C@@H]2O. The number of fused-ring (bicyclic) bond motifs is 4. The second-order valence-corrected chi connectivity index (χ2v) is 10.2. The second-order valence-electron chi connectivity index (χ2n) is 9.85. The van der Waals surface area contributed by atoms with E-state index in [1.54, 1.807) is 10.9 Å². The fraction of sp³-hybridized carbons (Fsp3) is 0.714. The molecule has 4 aliphatic carbocycles. The van der Waals surface area contributed by atoms with E-state index in [0.29, 0.717) is 35.4 Å². The molecule has 32 heavy (non-hydrogen) atoms. The quantitative estimate of drug-likeness (QED) is 0.389. The molecule has 172 valence electrons. The number of aliphatic hydroxyl groups is 3. The number of anilines is 1. The van der Waals surface area contributed by atoms with Crippen molar-refractivity contribution >= 4 is 34.5 Å². The summed E-state index contributed by atoms with van der Waals surface area (Å²) in [6.45, 7) is -0.0792. The van der Waals surface area contributed by atoms with Crippen molar-refractivity contribution in [3.63, 3.8) is 0 Å². The van der Waals surface area contributed by atoms with Crippen molar-refractivity contribution in [1.82, 2.24) is 24.8 Å². The van der Waals surface area contributed by atoms with Crippen LogP contribution in [-0.2, 0) is 4.79 Å². The van der Waals surface area contributed by atoms with Gasteiger partial charge in [-0.1, -0.05) is 6.42 Å². The molecule has 5 N–H and O–H groups in total. The first-order valence-corrected chi connectivity index (χ1v) is 11.7. The Morgan fingerprint density at radius 3 is 2.84 bits per heavy atom. The third kappa shape index (κ3) is 2.82. The monoisotopic (exact) mass is 462 g/mol. The zero-order valence-corrected chi connectivity index (χ0v) is 18.2. The van der Waals surface area contributed by atoms with E-state index in [4.69, 9.17) is 16.7 Å². The van der Waals surface area contributed by atoms with Gasteiger partial charge in [0.25, 0.3) is 0 Å². The van der Waals surface area contributed by atoms with Crippen LogP contribution in [0.5, 0.6) is 0 Å². The van der Waals surface area contributed by atoms with Gasteiger partial charge >= 0.3 is 0 Å². The number of carbonyl (C=O) groups is 1. The lowest BCUT2D eigenvalue weighted by Gasteiger charge is -2.24. The molecular formula is C21H27ClN6O4. The Balaban J connectivity index is 1.32. The number of halogens is 1. The van der Waals surface area contributed by atoms with Gasteiger partial charge in [-0.05, 0) is 49.1 Å². The van der Waals surface area contributed by atoms with Gasteiger partial charge in [-0.15, -0.1) is 0 Å². The summed E-state index contributed by atoms with van der Waals surface area (Å²) in [6, 6.07) is -0.213. The highest BCUT2D eigenvalue weighted by Crippen LogP contribution is 2.67. The molecule has 2 bridgehead atoms. The Kier molecular flexibility index (Phi) is 4.66. The van der Waals surface area contributed by atoms with Crippen LogP contribution in [0.15, 0.2) is 6.33 Å². The van der Waals surface area contributed by atoms with Crippen LogP contribution in [0.25, 0.3) is 11.2 Å². The Labute approximate surface area is 189 Å². The molecule has 0 spiro atoms. The molecule has 1 amide bonds. The van der Waals surface area contributed by atoms with Crippen LogP contribution in [-0.4, -0.2) is 72.1 Å². The van der Waals surface area contributed by atoms with Gasteiger partial charge in [0, 0.05) is 18.5 Å².